The Morgan fingerprint density at radius 3 is 0.600 bits per heavy atom. The van der Waals surface area contributed by atoms with Crippen molar-refractivity contribution in [2.24, 2.45) is 0 Å². The maximum Gasteiger partial charge on any atom is 0.121 e. The summed E-state index contributed by atoms with van der Waals surface area (Å²) in [5.41, 5.74) is 11.4. The van der Waals surface area contributed by atoms with Gasteiger partial charge in [-0.1, -0.05) is 0 Å². The number of phenolic OH excluding ortho intramolecular Hbond substituents is 2. The SMILES string of the molecule is Cc1c(C)c(C)c(O)c(C)c1C.Cc1c(C)c(C)c(O)c(C)c1C.[Zr]. The zero-order chi connectivity index (χ0) is 18.9. The summed E-state index contributed by atoms with van der Waals surface area (Å²) in [5.74, 6) is 0.909. The molecular weight excluding hydrogens is 387 g/mol. The molecule has 2 nitrogen and oxygen atoms in total. The molecule has 0 aliphatic carbocycles. The summed E-state index contributed by atoms with van der Waals surface area (Å²) in [5, 5.41) is 19.4. The fourth-order valence-electron chi connectivity index (χ4n) is 2.96. The Labute approximate surface area is 172 Å². The van der Waals surface area contributed by atoms with E-state index in [1.807, 2.05) is 27.7 Å². The number of hydrogen-bond acceptors (Lipinski definition) is 2. The number of phenols is 2. The fourth-order valence-corrected chi connectivity index (χ4v) is 2.96. The van der Waals surface area contributed by atoms with Gasteiger partial charge >= 0.3 is 0 Å². The Hall–Kier alpha value is -1.08. The van der Waals surface area contributed by atoms with Gasteiger partial charge in [0.05, 0.1) is 0 Å². The molecule has 0 unspecified atom stereocenters. The number of benzene rings is 2. The Morgan fingerprint density at radius 1 is 0.320 bits per heavy atom. The van der Waals surface area contributed by atoms with Crippen molar-refractivity contribution in [2.45, 2.75) is 69.2 Å². The predicted octanol–water partition coefficient (Wildman–Crippen LogP) is 5.87. The molecule has 0 aliphatic rings. The second-order valence-corrected chi connectivity index (χ2v) is 6.95. The maximum absolute atomic E-state index is 9.69. The van der Waals surface area contributed by atoms with Crippen molar-refractivity contribution in [3.63, 3.8) is 0 Å². The van der Waals surface area contributed by atoms with Crippen LogP contribution < -0.4 is 0 Å². The first kappa shape index (κ1) is 23.9. The monoisotopic (exact) mass is 418 g/mol. The van der Waals surface area contributed by atoms with Crippen LogP contribution in [0.15, 0.2) is 0 Å². The van der Waals surface area contributed by atoms with Crippen molar-refractivity contribution in [3.8, 4) is 11.5 Å². The van der Waals surface area contributed by atoms with Crippen molar-refractivity contribution < 1.29 is 36.4 Å². The molecule has 136 valence electrons. The summed E-state index contributed by atoms with van der Waals surface area (Å²) in [4.78, 5) is 0. The van der Waals surface area contributed by atoms with Crippen LogP contribution in [0.3, 0.4) is 0 Å². The van der Waals surface area contributed by atoms with Crippen LogP contribution in [0.25, 0.3) is 0 Å². The van der Waals surface area contributed by atoms with Gasteiger partial charge in [0.25, 0.3) is 0 Å². The average Bonchev–Trinajstić information content (AvgIpc) is 2.58. The van der Waals surface area contributed by atoms with Crippen LogP contribution in [0.5, 0.6) is 11.5 Å². The summed E-state index contributed by atoms with van der Waals surface area (Å²) < 4.78 is 0. The molecule has 0 spiro atoms. The van der Waals surface area contributed by atoms with Crippen molar-refractivity contribution in [1.82, 2.24) is 0 Å². The van der Waals surface area contributed by atoms with Gasteiger partial charge < -0.3 is 10.2 Å². The topological polar surface area (TPSA) is 40.5 Å². The molecule has 0 radical (unpaired) electrons. The largest absolute Gasteiger partial charge is 0.507 e. The molecule has 0 aliphatic heterocycles. The molecule has 0 heterocycles. The van der Waals surface area contributed by atoms with Gasteiger partial charge in [-0.25, -0.2) is 0 Å². The Balaban J connectivity index is 0.000000443. The molecule has 3 heteroatoms. The first-order chi connectivity index (χ1) is 10.9. The summed E-state index contributed by atoms with van der Waals surface area (Å²) in [6.07, 6.45) is 0. The standard InChI is InChI=1S/2C11H16O.Zr/c2*1-6-7(2)9(4)11(12)10(5)8(6)3;/h2*12H,1-5H3;. The molecule has 0 amide bonds. The van der Waals surface area contributed by atoms with Gasteiger partial charge in [0.1, 0.15) is 11.5 Å². The van der Waals surface area contributed by atoms with Crippen molar-refractivity contribution in [2.75, 3.05) is 0 Å². The van der Waals surface area contributed by atoms with Gasteiger partial charge in [-0.2, -0.15) is 0 Å². The number of rotatable bonds is 0. The van der Waals surface area contributed by atoms with Crippen LogP contribution in [0.1, 0.15) is 55.6 Å². The molecule has 0 fully saturated rings. The van der Waals surface area contributed by atoms with E-state index in [0.717, 1.165) is 22.3 Å². The summed E-state index contributed by atoms with van der Waals surface area (Å²) in [6.45, 7) is 20.3. The van der Waals surface area contributed by atoms with E-state index in [4.69, 9.17) is 0 Å². The quantitative estimate of drug-likeness (QED) is 0.561. The van der Waals surface area contributed by atoms with Crippen LogP contribution in [0, 0.1) is 69.2 Å². The first-order valence-electron chi connectivity index (χ1n) is 8.45. The van der Waals surface area contributed by atoms with Crippen molar-refractivity contribution >= 4 is 0 Å². The molecule has 25 heavy (non-hydrogen) atoms. The third kappa shape index (κ3) is 4.56. The molecule has 0 saturated heterocycles. The smallest absolute Gasteiger partial charge is 0.121 e. The third-order valence-corrected chi connectivity index (χ3v) is 5.92. The minimum Gasteiger partial charge on any atom is -0.507 e. The van der Waals surface area contributed by atoms with E-state index < -0.39 is 0 Å². The van der Waals surface area contributed by atoms with Gasteiger partial charge in [0.15, 0.2) is 0 Å². The summed E-state index contributed by atoms with van der Waals surface area (Å²) >= 11 is 0. The number of aromatic hydroxyl groups is 2. The summed E-state index contributed by atoms with van der Waals surface area (Å²) in [7, 11) is 0. The zero-order valence-corrected chi connectivity index (χ0v) is 19.9. The molecule has 2 rings (SSSR count). The second-order valence-electron chi connectivity index (χ2n) is 6.95. The Morgan fingerprint density at radius 2 is 0.440 bits per heavy atom. The third-order valence-electron chi connectivity index (χ3n) is 5.92. The minimum atomic E-state index is 0. The van der Waals surface area contributed by atoms with Crippen molar-refractivity contribution in [1.29, 1.82) is 0 Å². The Bertz CT molecular complexity index is 512. The zero-order valence-electron chi connectivity index (χ0n) is 17.4. The van der Waals surface area contributed by atoms with Gasteiger partial charge in [-0.3, -0.25) is 0 Å². The molecule has 0 bridgehead atoms. The minimum absolute atomic E-state index is 0. The number of hydrogen-bond donors (Lipinski definition) is 2. The van der Waals surface area contributed by atoms with E-state index in [1.165, 1.54) is 33.4 Å². The van der Waals surface area contributed by atoms with E-state index in [9.17, 15) is 10.2 Å². The maximum atomic E-state index is 9.69. The van der Waals surface area contributed by atoms with Crippen molar-refractivity contribution in [3.05, 3.63) is 55.6 Å². The molecule has 0 atom stereocenters. The predicted molar refractivity (Wildman–Crippen MR) is 104 cm³/mol. The van der Waals surface area contributed by atoms with Gasteiger partial charge in [-0.15, -0.1) is 0 Å². The van der Waals surface area contributed by atoms with Crippen LogP contribution in [0.2, 0.25) is 0 Å². The van der Waals surface area contributed by atoms with E-state index >= 15 is 0 Å². The van der Waals surface area contributed by atoms with Crippen LogP contribution in [0.4, 0.5) is 0 Å². The van der Waals surface area contributed by atoms with Crippen LogP contribution >= 0.6 is 0 Å². The normalized spacial score (nSPS) is 10.0. The molecule has 2 N–H and O–H groups in total. The first-order valence-corrected chi connectivity index (χ1v) is 8.45. The van der Waals surface area contributed by atoms with Gasteiger partial charge in [0.2, 0.25) is 0 Å². The second kappa shape index (κ2) is 9.03. The van der Waals surface area contributed by atoms with Crippen LogP contribution in [-0.2, 0) is 26.2 Å². The van der Waals surface area contributed by atoms with Crippen LogP contribution in [-0.4, -0.2) is 10.2 Å². The molecule has 0 aromatic heterocycles. The van der Waals surface area contributed by atoms with Gasteiger partial charge in [0, 0.05) is 26.2 Å². The Kier molecular flexibility index (Phi) is 8.64. The average molecular weight is 420 g/mol. The van der Waals surface area contributed by atoms with Gasteiger partial charge in [-0.05, 0) is 125 Å². The summed E-state index contributed by atoms with van der Waals surface area (Å²) in [6, 6.07) is 0. The molecule has 2 aromatic rings. The van der Waals surface area contributed by atoms with E-state index in [-0.39, 0.29) is 26.2 Å². The fraction of sp³-hybridized carbons (Fsp3) is 0.455. The molecule has 2 aromatic carbocycles. The molecular formula is C22H32O2Zr. The van der Waals surface area contributed by atoms with E-state index in [0.29, 0.717) is 11.5 Å². The van der Waals surface area contributed by atoms with E-state index in [2.05, 4.69) is 41.5 Å². The van der Waals surface area contributed by atoms with E-state index in [1.54, 1.807) is 0 Å². The molecule has 0 saturated carbocycles.